The molecule has 0 spiro atoms. The highest BCUT2D eigenvalue weighted by molar-refractivity contribution is 6.09. The maximum Gasteiger partial charge on any atom is 0.250 e. The third kappa shape index (κ3) is 5.38. The highest BCUT2D eigenvalue weighted by Gasteiger charge is 2.17. The van der Waals surface area contributed by atoms with Gasteiger partial charge in [0.1, 0.15) is 11.5 Å². The van der Waals surface area contributed by atoms with E-state index >= 15 is 0 Å². The molecule has 34 heavy (non-hydrogen) atoms. The summed E-state index contributed by atoms with van der Waals surface area (Å²) in [4.78, 5) is 21.0. The van der Waals surface area contributed by atoms with Crippen LogP contribution in [0, 0.1) is 5.41 Å². The minimum atomic E-state index is -0.260. The van der Waals surface area contributed by atoms with Crippen LogP contribution in [0.5, 0.6) is 0 Å². The summed E-state index contributed by atoms with van der Waals surface area (Å²) in [5.41, 5.74) is 8.90. The zero-order valence-electron chi connectivity index (χ0n) is 19.0. The number of pyridine rings is 1. The minimum absolute atomic E-state index is 0.0197. The van der Waals surface area contributed by atoms with Crippen molar-refractivity contribution in [1.29, 1.82) is 5.41 Å². The zero-order chi connectivity index (χ0) is 24.1. The van der Waals surface area contributed by atoms with Crippen LogP contribution in [0.1, 0.15) is 29.7 Å². The first kappa shape index (κ1) is 23.3. The van der Waals surface area contributed by atoms with Gasteiger partial charge in [0.2, 0.25) is 0 Å². The van der Waals surface area contributed by atoms with E-state index in [0.717, 1.165) is 24.9 Å². The van der Waals surface area contributed by atoms with Crippen LogP contribution in [0.2, 0.25) is 0 Å². The summed E-state index contributed by atoms with van der Waals surface area (Å²) in [6, 6.07) is 10.6. The molecule has 1 aromatic carbocycles. The second-order valence-electron chi connectivity index (χ2n) is 8.20. The maximum atomic E-state index is 12.3. The fourth-order valence-electron chi connectivity index (χ4n) is 3.85. The molecule has 1 aliphatic heterocycles. The maximum absolute atomic E-state index is 12.3. The topological polar surface area (TPSA) is 139 Å². The second-order valence-corrected chi connectivity index (χ2v) is 8.20. The standard InChI is InChI=1S/C25H28N6O3/c1-28-12-16-4-6-17(7-5-16)20(26)11-22(32)24-25(27)29-13-21(30-24)18-8-9-23(33)31(14-18)15-19-3-2-10-34-19/h4-9,11,13-14,19,26,28,32H,2-3,10,12,15H2,1H3,(H2,27,29)/b22-11-,26-20?. The van der Waals surface area contributed by atoms with Gasteiger partial charge in [0.05, 0.1) is 30.3 Å². The van der Waals surface area contributed by atoms with Crippen LogP contribution in [0.4, 0.5) is 5.82 Å². The molecule has 5 N–H and O–H groups in total. The summed E-state index contributed by atoms with van der Waals surface area (Å²) in [6.45, 7) is 1.92. The van der Waals surface area contributed by atoms with Crippen molar-refractivity contribution in [3.63, 3.8) is 0 Å². The largest absolute Gasteiger partial charge is 0.505 e. The molecule has 0 aliphatic carbocycles. The monoisotopic (exact) mass is 460 g/mol. The van der Waals surface area contributed by atoms with Gasteiger partial charge in [0.25, 0.3) is 5.56 Å². The first-order chi connectivity index (χ1) is 16.4. The summed E-state index contributed by atoms with van der Waals surface area (Å²) in [5, 5.41) is 22.1. The van der Waals surface area contributed by atoms with Crippen LogP contribution in [-0.4, -0.2) is 45.1 Å². The number of nitrogens with zero attached hydrogens (tertiary/aromatic N) is 3. The average molecular weight is 461 g/mol. The molecule has 1 atom stereocenters. The molecular formula is C25H28N6O3. The number of nitrogen functional groups attached to an aromatic ring is 1. The number of aliphatic hydroxyl groups is 1. The van der Waals surface area contributed by atoms with E-state index in [2.05, 4.69) is 15.3 Å². The number of nitrogens with two attached hydrogens (primary N) is 1. The molecule has 1 fully saturated rings. The first-order valence-electron chi connectivity index (χ1n) is 11.1. The fourth-order valence-corrected chi connectivity index (χ4v) is 3.85. The number of ether oxygens (including phenoxy) is 1. The Labute approximate surface area is 197 Å². The van der Waals surface area contributed by atoms with Crippen molar-refractivity contribution in [3.8, 4) is 11.3 Å². The average Bonchev–Trinajstić information content (AvgIpc) is 3.34. The summed E-state index contributed by atoms with van der Waals surface area (Å²) in [6.07, 6.45) is 6.44. The molecule has 2 aromatic heterocycles. The van der Waals surface area contributed by atoms with E-state index in [4.69, 9.17) is 15.9 Å². The van der Waals surface area contributed by atoms with Crippen LogP contribution in [0.15, 0.2) is 59.7 Å². The fraction of sp³-hybridized carbons (Fsp3) is 0.280. The number of hydrogen-bond acceptors (Lipinski definition) is 8. The SMILES string of the molecule is CNCc1ccc(C(=N)/C=C(\O)c2nc(-c3ccc(=O)n(CC4CCCO4)c3)cnc2N)cc1. The Morgan fingerprint density at radius 2 is 2.12 bits per heavy atom. The predicted molar refractivity (Wildman–Crippen MR) is 132 cm³/mol. The van der Waals surface area contributed by atoms with Crippen LogP contribution < -0.4 is 16.6 Å². The van der Waals surface area contributed by atoms with Gasteiger partial charge >= 0.3 is 0 Å². The Morgan fingerprint density at radius 1 is 1.32 bits per heavy atom. The minimum Gasteiger partial charge on any atom is -0.505 e. The van der Waals surface area contributed by atoms with E-state index in [0.29, 0.717) is 30.0 Å². The summed E-state index contributed by atoms with van der Waals surface area (Å²) < 4.78 is 7.25. The number of anilines is 1. The molecule has 0 radical (unpaired) electrons. The number of rotatable bonds is 8. The Balaban J connectivity index is 1.59. The van der Waals surface area contributed by atoms with Gasteiger partial charge < -0.3 is 30.9 Å². The van der Waals surface area contributed by atoms with Gasteiger partial charge in [-0.25, -0.2) is 9.97 Å². The summed E-state index contributed by atoms with van der Waals surface area (Å²) in [7, 11) is 1.87. The van der Waals surface area contributed by atoms with Crippen LogP contribution in [-0.2, 0) is 17.8 Å². The second kappa shape index (κ2) is 10.4. The number of hydrogen-bond donors (Lipinski definition) is 4. The van der Waals surface area contributed by atoms with Crippen molar-refractivity contribution < 1.29 is 9.84 Å². The van der Waals surface area contributed by atoms with Gasteiger partial charge in [-0.15, -0.1) is 0 Å². The predicted octanol–water partition coefficient (Wildman–Crippen LogP) is 2.75. The molecule has 9 nitrogen and oxygen atoms in total. The van der Waals surface area contributed by atoms with Gasteiger partial charge in [0, 0.05) is 37.1 Å². The third-order valence-electron chi connectivity index (χ3n) is 5.67. The lowest BCUT2D eigenvalue weighted by molar-refractivity contribution is 0.0962. The zero-order valence-corrected chi connectivity index (χ0v) is 19.0. The highest BCUT2D eigenvalue weighted by Crippen LogP contribution is 2.22. The summed E-state index contributed by atoms with van der Waals surface area (Å²) >= 11 is 0. The van der Waals surface area contributed by atoms with Gasteiger partial charge in [-0.05, 0) is 37.1 Å². The lowest BCUT2D eigenvalue weighted by Gasteiger charge is -2.13. The molecule has 4 rings (SSSR count). The molecule has 0 amide bonds. The quantitative estimate of drug-likeness (QED) is 0.299. The van der Waals surface area contributed by atoms with Crippen molar-refractivity contribution >= 4 is 17.3 Å². The van der Waals surface area contributed by atoms with Gasteiger partial charge in [-0.3, -0.25) is 4.79 Å². The number of benzene rings is 1. The number of aliphatic hydroxyl groups excluding tert-OH is 1. The van der Waals surface area contributed by atoms with Gasteiger partial charge in [0.15, 0.2) is 5.82 Å². The van der Waals surface area contributed by atoms with Crippen molar-refractivity contribution in [2.45, 2.75) is 32.0 Å². The Morgan fingerprint density at radius 3 is 2.82 bits per heavy atom. The number of allylic oxidation sites excluding steroid dienone is 1. The van der Waals surface area contributed by atoms with Crippen LogP contribution in [0.25, 0.3) is 17.0 Å². The Hall–Kier alpha value is -3.82. The van der Waals surface area contributed by atoms with Gasteiger partial charge in [-0.1, -0.05) is 24.3 Å². The smallest absolute Gasteiger partial charge is 0.250 e. The molecule has 1 aliphatic rings. The molecule has 9 heteroatoms. The molecule has 3 heterocycles. The van der Waals surface area contributed by atoms with E-state index in [1.807, 2.05) is 31.3 Å². The lowest BCUT2D eigenvalue weighted by atomic mass is 10.1. The van der Waals surface area contributed by atoms with E-state index in [9.17, 15) is 9.90 Å². The normalized spacial score (nSPS) is 16.0. The number of aromatic nitrogens is 3. The molecule has 1 unspecified atom stereocenters. The van der Waals surface area contributed by atoms with E-state index < -0.39 is 0 Å². The van der Waals surface area contributed by atoms with Gasteiger partial charge in [-0.2, -0.15) is 0 Å². The molecule has 176 valence electrons. The van der Waals surface area contributed by atoms with E-state index in [1.165, 1.54) is 18.3 Å². The van der Waals surface area contributed by atoms with Crippen molar-refractivity contribution in [2.24, 2.45) is 0 Å². The lowest BCUT2D eigenvalue weighted by Crippen LogP contribution is -2.25. The van der Waals surface area contributed by atoms with Crippen molar-refractivity contribution in [2.75, 3.05) is 19.4 Å². The molecular weight excluding hydrogens is 432 g/mol. The van der Waals surface area contributed by atoms with Crippen LogP contribution >= 0.6 is 0 Å². The van der Waals surface area contributed by atoms with Crippen LogP contribution in [0.3, 0.4) is 0 Å². The van der Waals surface area contributed by atoms with E-state index in [1.54, 1.807) is 16.8 Å². The molecule has 3 aromatic rings. The number of nitrogens with one attached hydrogen (secondary N) is 2. The third-order valence-corrected chi connectivity index (χ3v) is 5.67. The Kier molecular flexibility index (Phi) is 7.15. The first-order valence-corrected chi connectivity index (χ1v) is 11.1. The summed E-state index contributed by atoms with van der Waals surface area (Å²) in [5.74, 6) is -0.217. The highest BCUT2D eigenvalue weighted by atomic mass is 16.5. The molecule has 0 saturated carbocycles. The van der Waals surface area contributed by atoms with Crippen molar-refractivity contribution in [1.82, 2.24) is 19.9 Å². The van der Waals surface area contributed by atoms with Crippen molar-refractivity contribution in [3.05, 3.63) is 82.0 Å². The van der Waals surface area contributed by atoms with E-state index in [-0.39, 0.29) is 34.6 Å². The molecule has 0 bridgehead atoms. The molecule has 1 saturated heterocycles. The Bertz CT molecular complexity index is 1260.